The molecule has 6 nitrogen and oxygen atoms in total. The molecule has 0 atom stereocenters. The second-order valence-electron chi connectivity index (χ2n) is 7.22. The maximum atomic E-state index is 12.8. The molecule has 1 fully saturated rings. The van der Waals surface area contributed by atoms with E-state index in [1.807, 2.05) is 54.6 Å². The summed E-state index contributed by atoms with van der Waals surface area (Å²) < 4.78 is 1.64. The van der Waals surface area contributed by atoms with Gasteiger partial charge in [-0.15, -0.1) is 5.10 Å². The lowest BCUT2D eigenvalue weighted by Crippen LogP contribution is -2.40. The van der Waals surface area contributed by atoms with E-state index in [9.17, 15) is 9.59 Å². The van der Waals surface area contributed by atoms with Gasteiger partial charge in [0.2, 0.25) is 0 Å². The van der Waals surface area contributed by atoms with Crippen LogP contribution in [0.5, 0.6) is 0 Å². The number of amides is 1. The topological polar surface area (TPSA) is 68.1 Å². The molecule has 1 aliphatic heterocycles. The predicted molar refractivity (Wildman–Crippen MR) is 110 cm³/mol. The minimum atomic E-state index is -0.141. The van der Waals surface area contributed by atoms with Crippen molar-refractivity contribution < 1.29 is 9.59 Å². The summed E-state index contributed by atoms with van der Waals surface area (Å²) in [4.78, 5) is 27.1. The molecule has 2 heterocycles. The Morgan fingerprint density at radius 2 is 1.69 bits per heavy atom. The molecule has 0 N–H and O–H groups in total. The van der Waals surface area contributed by atoms with Crippen molar-refractivity contribution in [3.05, 3.63) is 82.6 Å². The summed E-state index contributed by atoms with van der Waals surface area (Å²) in [5, 5.41) is 8.78. The second kappa shape index (κ2) is 8.57. The number of halogens is 1. The molecule has 0 saturated carbocycles. The highest BCUT2D eigenvalue weighted by Crippen LogP contribution is 2.22. The van der Waals surface area contributed by atoms with Crippen molar-refractivity contribution in [2.24, 2.45) is 5.92 Å². The lowest BCUT2D eigenvalue weighted by atomic mass is 9.89. The summed E-state index contributed by atoms with van der Waals surface area (Å²) in [6.45, 7) is 1.61. The van der Waals surface area contributed by atoms with Gasteiger partial charge >= 0.3 is 0 Å². The van der Waals surface area contributed by atoms with E-state index in [2.05, 4.69) is 10.3 Å². The maximum Gasteiger partial charge on any atom is 0.276 e. The number of likely N-dealkylation sites (tertiary alicyclic amines) is 1. The molecule has 2 aromatic carbocycles. The van der Waals surface area contributed by atoms with Crippen LogP contribution in [-0.2, 0) is 6.54 Å². The second-order valence-corrected chi connectivity index (χ2v) is 7.66. The summed E-state index contributed by atoms with van der Waals surface area (Å²) in [6, 6.07) is 16.8. The normalized spacial score (nSPS) is 14.7. The van der Waals surface area contributed by atoms with Crippen LogP contribution >= 0.6 is 11.6 Å². The van der Waals surface area contributed by atoms with E-state index in [-0.39, 0.29) is 17.6 Å². The Bertz CT molecular complexity index is 993. The number of Topliss-reactive ketones (excluding diaryl/α,β-unsaturated/α-hetero) is 1. The molecular formula is C22H21ClN4O2. The Balaban J connectivity index is 1.34. The summed E-state index contributed by atoms with van der Waals surface area (Å²) in [6.07, 6.45) is 2.99. The molecule has 7 heteroatoms. The Morgan fingerprint density at radius 1 is 1.00 bits per heavy atom. The van der Waals surface area contributed by atoms with Gasteiger partial charge in [0.25, 0.3) is 5.91 Å². The molecule has 1 aromatic heterocycles. The number of nitrogens with zero attached hydrogens (tertiary/aromatic N) is 4. The molecule has 0 aliphatic carbocycles. The fourth-order valence-corrected chi connectivity index (χ4v) is 3.72. The first-order valence-electron chi connectivity index (χ1n) is 9.63. The lowest BCUT2D eigenvalue weighted by Gasteiger charge is -2.30. The van der Waals surface area contributed by atoms with Gasteiger partial charge in [0.15, 0.2) is 11.5 Å². The Hall–Kier alpha value is -2.99. The zero-order valence-corrected chi connectivity index (χ0v) is 16.6. The highest BCUT2D eigenvalue weighted by atomic mass is 35.5. The zero-order valence-electron chi connectivity index (χ0n) is 15.9. The van der Waals surface area contributed by atoms with Crippen LogP contribution < -0.4 is 0 Å². The predicted octanol–water partition coefficient (Wildman–Crippen LogP) is 3.71. The molecule has 1 aliphatic rings. The lowest BCUT2D eigenvalue weighted by molar-refractivity contribution is 0.0645. The third kappa shape index (κ3) is 4.54. The van der Waals surface area contributed by atoms with Crippen LogP contribution in [0.2, 0.25) is 5.02 Å². The largest absolute Gasteiger partial charge is 0.337 e. The molecule has 1 saturated heterocycles. The van der Waals surface area contributed by atoms with Gasteiger partial charge in [0, 0.05) is 29.6 Å². The van der Waals surface area contributed by atoms with Gasteiger partial charge in [-0.2, -0.15) is 0 Å². The number of benzene rings is 2. The molecule has 0 radical (unpaired) electrons. The van der Waals surface area contributed by atoms with Crippen LogP contribution in [0.4, 0.5) is 0 Å². The van der Waals surface area contributed by atoms with Crippen molar-refractivity contribution in [1.82, 2.24) is 19.9 Å². The first-order chi connectivity index (χ1) is 14.1. The van der Waals surface area contributed by atoms with Crippen molar-refractivity contribution in [3.8, 4) is 0 Å². The van der Waals surface area contributed by atoms with E-state index in [0.717, 1.165) is 11.1 Å². The first-order valence-corrected chi connectivity index (χ1v) is 10.0. The van der Waals surface area contributed by atoms with E-state index in [4.69, 9.17) is 11.6 Å². The van der Waals surface area contributed by atoms with Crippen LogP contribution in [0.25, 0.3) is 0 Å². The number of hydrogen-bond acceptors (Lipinski definition) is 4. The maximum absolute atomic E-state index is 12.8. The van der Waals surface area contributed by atoms with E-state index in [1.165, 1.54) is 0 Å². The summed E-state index contributed by atoms with van der Waals surface area (Å²) >= 11 is 5.90. The first kappa shape index (κ1) is 19.3. The molecule has 1 amide bonds. The Morgan fingerprint density at radius 3 is 2.38 bits per heavy atom. The highest BCUT2D eigenvalue weighted by Gasteiger charge is 2.29. The molecule has 4 rings (SSSR count). The number of piperidine rings is 1. The molecule has 148 valence electrons. The van der Waals surface area contributed by atoms with Gasteiger partial charge in [-0.1, -0.05) is 59.3 Å². The molecular weight excluding hydrogens is 388 g/mol. The van der Waals surface area contributed by atoms with Crippen LogP contribution in [0, 0.1) is 5.92 Å². The third-order valence-electron chi connectivity index (χ3n) is 5.23. The monoisotopic (exact) mass is 408 g/mol. The highest BCUT2D eigenvalue weighted by molar-refractivity contribution is 6.30. The summed E-state index contributed by atoms with van der Waals surface area (Å²) in [5.74, 6) is -0.0217. The van der Waals surface area contributed by atoms with Crippen LogP contribution in [0.3, 0.4) is 0 Å². The molecule has 0 bridgehead atoms. The van der Waals surface area contributed by atoms with Crippen molar-refractivity contribution in [1.29, 1.82) is 0 Å². The zero-order chi connectivity index (χ0) is 20.2. The van der Waals surface area contributed by atoms with Crippen LogP contribution in [-0.4, -0.2) is 44.7 Å². The van der Waals surface area contributed by atoms with Gasteiger partial charge in [0.1, 0.15) is 0 Å². The molecule has 0 spiro atoms. The number of carbonyl (C=O) groups is 2. The van der Waals surface area contributed by atoms with Crippen molar-refractivity contribution in [2.75, 3.05) is 13.1 Å². The standard InChI is InChI=1S/C22H21ClN4O2/c23-19-8-6-16(7-9-19)14-27-15-20(24-25-27)22(29)26-12-10-18(11-13-26)21(28)17-4-2-1-3-5-17/h1-9,15,18H,10-14H2. The molecule has 0 unspecified atom stereocenters. The van der Waals surface area contributed by atoms with Gasteiger partial charge < -0.3 is 4.90 Å². The molecule has 29 heavy (non-hydrogen) atoms. The average Bonchev–Trinajstić information content (AvgIpc) is 3.23. The van der Waals surface area contributed by atoms with E-state index >= 15 is 0 Å². The Kier molecular flexibility index (Phi) is 5.71. The van der Waals surface area contributed by atoms with Gasteiger partial charge in [-0.25, -0.2) is 4.68 Å². The number of hydrogen-bond donors (Lipinski definition) is 0. The van der Waals surface area contributed by atoms with Crippen molar-refractivity contribution in [2.45, 2.75) is 19.4 Å². The quantitative estimate of drug-likeness (QED) is 0.603. The minimum Gasteiger partial charge on any atom is -0.337 e. The number of ketones is 1. The smallest absolute Gasteiger partial charge is 0.276 e. The van der Waals surface area contributed by atoms with Crippen molar-refractivity contribution in [3.63, 3.8) is 0 Å². The Labute approximate surface area is 174 Å². The fourth-order valence-electron chi connectivity index (χ4n) is 3.60. The number of rotatable bonds is 5. The average molecular weight is 409 g/mol. The number of carbonyl (C=O) groups excluding carboxylic acids is 2. The van der Waals surface area contributed by atoms with Gasteiger partial charge in [0.05, 0.1) is 12.7 Å². The number of aromatic nitrogens is 3. The van der Waals surface area contributed by atoms with Crippen molar-refractivity contribution >= 4 is 23.3 Å². The fraction of sp³-hybridized carbons (Fsp3) is 0.273. The van der Waals surface area contributed by atoms with Gasteiger partial charge in [-0.3, -0.25) is 9.59 Å². The molecule has 3 aromatic rings. The van der Waals surface area contributed by atoms with Gasteiger partial charge in [-0.05, 0) is 30.5 Å². The summed E-state index contributed by atoms with van der Waals surface area (Å²) in [7, 11) is 0. The third-order valence-corrected chi connectivity index (χ3v) is 5.48. The van der Waals surface area contributed by atoms with Crippen LogP contribution in [0.1, 0.15) is 39.3 Å². The summed E-state index contributed by atoms with van der Waals surface area (Å²) in [5.41, 5.74) is 2.09. The van der Waals surface area contributed by atoms with E-state index in [1.54, 1.807) is 15.8 Å². The SMILES string of the molecule is O=C(c1ccccc1)C1CCN(C(=O)c2cn(Cc3ccc(Cl)cc3)nn2)CC1. The van der Waals surface area contributed by atoms with Crippen LogP contribution in [0.15, 0.2) is 60.8 Å². The van der Waals surface area contributed by atoms with E-state index in [0.29, 0.717) is 43.2 Å². The minimum absolute atomic E-state index is 0.0398. The van der Waals surface area contributed by atoms with E-state index < -0.39 is 0 Å².